The van der Waals surface area contributed by atoms with E-state index in [2.05, 4.69) is 10.6 Å². The SMILES string of the molecule is CC(OC(=O)CNC(=O)c1ccc(-c2ccccc2)cc1)C(=O)Nc1cccc(F)c1. The molecule has 0 spiro atoms. The summed E-state index contributed by atoms with van der Waals surface area (Å²) >= 11 is 0. The summed E-state index contributed by atoms with van der Waals surface area (Å²) < 4.78 is 18.2. The topological polar surface area (TPSA) is 84.5 Å². The molecule has 6 nitrogen and oxygen atoms in total. The minimum absolute atomic E-state index is 0.250. The first-order chi connectivity index (χ1) is 14.9. The highest BCUT2D eigenvalue weighted by atomic mass is 19.1. The van der Waals surface area contributed by atoms with E-state index in [0.29, 0.717) is 5.56 Å². The number of benzene rings is 3. The maximum absolute atomic E-state index is 13.2. The number of anilines is 1. The average Bonchev–Trinajstić information content (AvgIpc) is 2.78. The predicted octanol–water partition coefficient (Wildman–Crippen LogP) is 3.79. The molecule has 0 heterocycles. The molecule has 0 fully saturated rings. The molecule has 1 unspecified atom stereocenters. The van der Waals surface area contributed by atoms with Crippen LogP contribution in [-0.2, 0) is 14.3 Å². The summed E-state index contributed by atoms with van der Waals surface area (Å²) in [7, 11) is 0. The number of rotatable bonds is 7. The number of halogens is 1. The number of carbonyl (C=O) groups excluding carboxylic acids is 3. The van der Waals surface area contributed by atoms with Crippen molar-refractivity contribution in [3.05, 3.63) is 90.2 Å². The lowest BCUT2D eigenvalue weighted by Gasteiger charge is -2.14. The summed E-state index contributed by atoms with van der Waals surface area (Å²) in [6.45, 7) is 0.994. The summed E-state index contributed by atoms with van der Waals surface area (Å²) in [6.07, 6.45) is -1.11. The third-order valence-electron chi connectivity index (χ3n) is 4.42. The Morgan fingerprint density at radius 3 is 2.26 bits per heavy atom. The predicted molar refractivity (Wildman–Crippen MR) is 115 cm³/mol. The first-order valence-electron chi connectivity index (χ1n) is 9.62. The Morgan fingerprint density at radius 2 is 1.58 bits per heavy atom. The Bertz CT molecular complexity index is 1070. The molecule has 3 aromatic carbocycles. The van der Waals surface area contributed by atoms with Gasteiger partial charge in [0.15, 0.2) is 6.10 Å². The van der Waals surface area contributed by atoms with Crippen molar-refractivity contribution in [3.8, 4) is 11.1 Å². The van der Waals surface area contributed by atoms with Gasteiger partial charge in [0.1, 0.15) is 12.4 Å². The molecule has 2 amide bonds. The molecule has 0 aliphatic carbocycles. The number of hydrogen-bond acceptors (Lipinski definition) is 4. The van der Waals surface area contributed by atoms with Gasteiger partial charge >= 0.3 is 5.97 Å². The van der Waals surface area contributed by atoms with Crippen LogP contribution in [0.5, 0.6) is 0 Å². The van der Waals surface area contributed by atoms with Crippen LogP contribution in [0.1, 0.15) is 17.3 Å². The van der Waals surface area contributed by atoms with Gasteiger partial charge in [0.2, 0.25) is 0 Å². The van der Waals surface area contributed by atoms with Crippen LogP contribution in [0.25, 0.3) is 11.1 Å². The van der Waals surface area contributed by atoms with Crippen LogP contribution in [0.4, 0.5) is 10.1 Å². The monoisotopic (exact) mass is 420 g/mol. The van der Waals surface area contributed by atoms with Gasteiger partial charge in [0.25, 0.3) is 11.8 Å². The van der Waals surface area contributed by atoms with Crippen molar-refractivity contribution in [3.63, 3.8) is 0 Å². The molecule has 31 heavy (non-hydrogen) atoms. The first kappa shape index (κ1) is 21.7. The van der Waals surface area contributed by atoms with Crippen LogP contribution >= 0.6 is 0 Å². The zero-order valence-electron chi connectivity index (χ0n) is 16.8. The standard InChI is InChI=1S/C24H21FN2O4/c1-16(23(29)27-21-9-5-8-20(25)14-21)31-22(28)15-26-24(30)19-12-10-18(11-13-19)17-6-3-2-4-7-17/h2-14,16H,15H2,1H3,(H,26,30)(H,27,29). The number of ether oxygens (including phenoxy) is 1. The van der Waals surface area contributed by atoms with Gasteiger partial charge in [0.05, 0.1) is 0 Å². The number of nitrogens with one attached hydrogen (secondary N) is 2. The smallest absolute Gasteiger partial charge is 0.326 e. The van der Waals surface area contributed by atoms with Gasteiger partial charge in [-0.1, -0.05) is 48.5 Å². The molecule has 0 aromatic heterocycles. The molecule has 0 aliphatic rings. The summed E-state index contributed by atoms with van der Waals surface area (Å²) in [4.78, 5) is 36.3. The Balaban J connectivity index is 1.47. The first-order valence-corrected chi connectivity index (χ1v) is 9.62. The van der Waals surface area contributed by atoms with Gasteiger partial charge in [0, 0.05) is 11.3 Å². The summed E-state index contributed by atoms with van der Waals surface area (Å²) in [5.41, 5.74) is 2.64. The van der Waals surface area contributed by atoms with Crippen LogP contribution in [0.3, 0.4) is 0 Å². The van der Waals surface area contributed by atoms with E-state index < -0.39 is 36.2 Å². The zero-order chi connectivity index (χ0) is 22.2. The Hall–Kier alpha value is -4.00. The summed E-state index contributed by atoms with van der Waals surface area (Å²) in [5, 5.41) is 4.92. The van der Waals surface area contributed by atoms with Crippen molar-refractivity contribution >= 4 is 23.5 Å². The second-order valence-electron chi connectivity index (χ2n) is 6.76. The van der Waals surface area contributed by atoms with E-state index >= 15 is 0 Å². The molecule has 0 saturated heterocycles. The van der Waals surface area contributed by atoms with Crippen LogP contribution in [0.2, 0.25) is 0 Å². The van der Waals surface area contributed by atoms with Crippen molar-refractivity contribution in [1.29, 1.82) is 0 Å². The highest BCUT2D eigenvalue weighted by Gasteiger charge is 2.18. The van der Waals surface area contributed by atoms with E-state index in [1.165, 1.54) is 25.1 Å². The number of hydrogen-bond donors (Lipinski definition) is 2. The van der Waals surface area contributed by atoms with Crippen molar-refractivity contribution in [2.24, 2.45) is 0 Å². The molecule has 0 radical (unpaired) electrons. The molecule has 0 aliphatic heterocycles. The van der Waals surface area contributed by atoms with Crippen molar-refractivity contribution in [2.45, 2.75) is 13.0 Å². The Labute approximate surface area is 179 Å². The molecular weight excluding hydrogens is 399 g/mol. The molecule has 0 saturated carbocycles. The van der Waals surface area contributed by atoms with Crippen LogP contribution < -0.4 is 10.6 Å². The molecule has 2 N–H and O–H groups in total. The van der Waals surface area contributed by atoms with Crippen LogP contribution in [0.15, 0.2) is 78.9 Å². The van der Waals surface area contributed by atoms with Gasteiger partial charge in [-0.3, -0.25) is 14.4 Å². The maximum Gasteiger partial charge on any atom is 0.326 e. The van der Waals surface area contributed by atoms with E-state index in [4.69, 9.17) is 4.74 Å². The second-order valence-corrected chi connectivity index (χ2v) is 6.76. The third-order valence-corrected chi connectivity index (χ3v) is 4.42. The molecule has 3 rings (SSSR count). The zero-order valence-corrected chi connectivity index (χ0v) is 16.8. The number of esters is 1. The highest BCUT2D eigenvalue weighted by Crippen LogP contribution is 2.19. The van der Waals surface area contributed by atoms with Crippen molar-refractivity contribution in [2.75, 3.05) is 11.9 Å². The minimum atomic E-state index is -1.11. The van der Waals surface area contributed by atoms with Crippen molar-refractivity contribution < 1.29 is 23.5 Å². The lowest BCUT2D eigenvalue weighted by atomic mass is 10.0. The third kappa shape index (κ3) is 6.24. The van der Waals surface area contributed by atoms with E-state index in [-0.39, 0.29) is 5.69 Å². The Morgan fingerprint density at radius 1 is 0.903 bits per heavy atom. The molecular formula is C24H21FN2O4. The molecule has 158 valence electrons. The lowest BCUT2D eigenvalue weighted by Crippen LogP contribution is -2.35. The van der Waals surface area contributed by atoms with E-state index in [1.807, 2.05) is 42.5 Å². The molecule has 1 atom stereocenters. The van der Waals surface area contributed by atoms with Gasteiger partial charge in [-0.15, -0.1) is 0 Å². The van der Waals surface area contributed by atoms with E-state index in [0.717, 1.165) is 17.2 Å². The average molecular weight is 420 g/mol. The van der Waals surface area contributed by atoms with E-state index in [1.54, 1.807) is 12.1 Å². The fraction of sp³-hybridized carbons (Fsp3) is 0.125. The minimum Gasteiger partial charge on any atom is -0.451 e. The molecule has 0 bridgehead atoms. The quantitative estimate of drug-likeness (QED) is 0.570. The lowest BCUT2D eigenvalue weighted by molar-refractivity contribution is -0.152. The van der Waals surface area contributed by atoms with Crippen molar-refractivity contribution in [1.82, 2.24) is 5.32 Å². The summed E-state index contributed by atoms with van der Waals surface area (Å²) in [5.74, 6) is -2.31. The van der Waals surface area contributed by atoms with Gasteiger partial charge < -0.3 is 15.4 Å². The number of amides is 2. The van der Waals surface area contributed by atoms with Gasteiger partial charge in [-0.25, -0.2) is 4.39 Å². The fourth-order valence-electron chi connectivity index (χ4n) is 2.80. The normalized spacial score (nSPS) is 11.3. The maximum atomic E-state index is 13.2. The van der Waals surface area contributed by atoms with Gasteiger partial charge in [-0.2, -0.15) is 0 Å². The highest BCUT2D eigenvalue weighted by molar-refractivity contribution is 5.97. The number of carbonyl (C=O) groups is 3. The largest absolute Gasteiger partial charge is 0.451 e. The molecule has 7 heteroatoms. The van der Waals surface area contributed by atoms with Crippen LogP contribution in [-0.4, -0.2) is 30.4 Å². The second kappa shape index (κ2) is 10.2. The molecule has 3 aromatic rings. The van der Waals surface area contributed by atoms with E-state index in [9.17, 15) is 18.8 Å². The summed E-state index contributed by atoms with van der Waals surface area (Å²) in [6, 6.07) is 22.1. The van der Waals surface area contributed by atoms with Crippen LogP contribution in [0, 0.1) is 5.82 Å². The van der Waals surface area contributed by atoms with Gasteiger partial charge in [-0.05, 0) is 48.4 Å². The fourth-order valence-corrected chi connectivity index (χ4v) is 2.80. The Kier molecular flexibility index (Phi) is 7.11.